The molecule has 0 aliphatic heterocycles. The summed E-state index contributed by atoms with van der Waals surface area (Å²) in [6.45, 7) is 14.0. The van der Waals surface area contributed by atoms with Crippen LogP contribution >= 0.6 is 0 Å². The van der Waals surface area contributed by atoms with Crippen LogP contribution in [-0.2, 0) is 36.6 Å². The third kappa shape index (κ3) is 10.4. The summed E-state index contributed by atoms with van der Waals surface area (Å²) in [5.41, 5.74) is 2.05. The van der Waals surface area contributed by atoms with E-state index in [0.29, 0.717) is 19.8 Å². The predicted molar refractivity (Wildman–Crippen MR) is 151 cm³/mol. The summed E-state index contributed by atoms with van der Waals surface area (Å²) < 4.78 is 30.4. The number of allylic oxidation sites excluding steroid dienone is 1. The van der Waals surface area contributed by atoms with E-state index in [9.17, 15) is 5.11 Å². The van der Waals surface area contributed by atoms with Crippen LogP contribution in [0.4, 0.5) is 0 Å². The highest BCUT2D eigenvalue weighted by Gasteiger charge is 2.41. The number of methoxy groups -OCH3 is 1. The molecule has 37 heavy (non-hydrogen) atoms. The number of aliphatic hydroxyl groups excluding tert-OH is 1. The molecule has 2 aromatic rings. The molecule has 2 rings (SSSR count). The normalized spacial score (nSPS) is 16.0. The SMILES string of the molecule is C/C=C/[C@@H](OCOC)[C@@H](O)[C@H](OCc1ccccc1)[C@H](CO[Si](C)(C)C(C)(C)C)OCc1ccccc1. The van der Waals surface area contributed by atoms with Crippen LogP contribution in [0.2, 0.25) is 18.1 Å². The zero-order chi connectivity index (χ0) is 27.3. The van der Waals surface area contributed by atoms with Crippen LogP contribution in [0.3, 0.4) is 0 Å². The second-order valence-corrected chi connectivity index (χ2v) is 15.5. The van der Waals surface area contributed by atoms with Crippen molar-refractivity contribution in [3.8, 4) is 0 Å². The maximum absolute atomic E-state index is 11.6. The number of hydrogen-bond donors (Lipinski definition) is 1. The molecular formula is C30H46O6Si. The van der Waals surface area contributed by atoms with E-state index in [4.69, 9.17) is 23.4 Å². The van der Waals surface area contributed by atoms with Crippen molar-refractivity contribution in [2.24, 2.45) is 0 Å². The zero-order valence-electron chi connectivity index (χ0n) is 23.6. The Labute approximate surface area is 224 Å². The van der Waals surface area contributed by atoms with Gasteiger partial charge in [-0.1, -0.05) is 93.6 Å². The maximum atomic E-state index is 11.6. The van der Waals surface area contributed by atoms with Gasteiger partial charge in [-0.3, -0.25) is 0 Å². The lowest BCUT2D eigenvalue weighted by atomic mass is 10.0. The van der Waals surface area contributed by atoms with E-state index in [1.54, 1.807) is 7.11 Å². The van der Waals surface area contributed by atoms with Crippen molar-refractivity contribution in [3.05, 3.63) is 83.9 Å². The van der Waals surface area contributed by atoms with Gasteiger partial charge in [-0.15, -0.1) is 0 Å². The molecule has 0 radical (unpaired) electrons. The molecule has 0 amide bonds. The molecule has 1 N–H and O–H groups in total. The molecule has 0 aliphatic rings. The number of rotatable bonds is 16. The van der Waals surface area contributed by atoms with Crippen molar-refractivity contribution < 1.29 is 28.5 Å². The summed E-state index contributed by atoms with van der Waals surface area (Å²) in [6, 6.07) is 19.9. The van der Waals surface area contributed by atoms with E-state index in [0.717, 1.165) is 11.1 Å². The van der Waals surface area contributed by atoms with E-state index in [-0.39, 0.29) is 11.8 Å². The minimum absolute atomic E-state index is 0.0328. The Bertz CT molecular complexity index is 897. The van der Waals surface area contributed by atoms with Crippen LogP contribution in [0.1, 0.15) is 38.8 Å². The Hall–Kier alpha value is -1.84. The van der Waals surface area contributed by atoms with Gasteiger partial charge in [-0.25, -0.2) is 0 Å². The van der Waals surface area contributed by atoms with Crippen molar-refractivity contribution in [3.63, 3.8) is 0 Å². The van der Waals surface area contributed by atoms with Gasteiger partial charge in [-0.05, 0) is 36.2 Å². The Morgan fingerprint density at radius 2 is 1.41 bits per heavy atom. The van der Waals surface area contributed by atoms with Gasteiger partial charge < -0.3 is 28.5 Å². The van der Waals surface area contributed by atoms with Crippen LogP contribution < -0.4 is 0 Å². The third-order valence-electron chi connectivity index (χ3n) is 6.81. The quantitative estimate of drug-likeness (QED) is 0.161. The van der Waals surface area contributed by atoms with Crippen LogP contribution in [0.15, 0.2) is 72.8 Å². The summed E-state index contributed by atoms with van der Waals surface area (Å²) >= 11 is 0. The summed E-state index contributed by atoms with van der Waals surface area (Å²) in [5, 5.41) is 11.6. The van der Waals surface area contributed by atoms with Gasteiger partial charge in [0.25, 0.3) is 0 Å². The highest BCUT2D eigenvalue weighted by Crippen LogP contribution is 2.37. The predicted octanol–water partition coefficient (Wildman–Crippen LogP) is 6.11. The summed E-state index contributed by atoms with van der Waals surface area (Å²) in [6.07, 6.45) is 0.758. The van der Waals surface area contributed by atoms with Gasteiger partial charge in [0.2, 0.25) is 0 Å². The minimum atomic E-state index is -2.09. The Morgan fingerprint density at radius 1 is 0.865 bits per heavy atom. The number of ether oxygens (including phenoxy) is 4. The molecule has 0 aliphatic carbocycles. The standard InChI is InChI=1S/C30H46O6Si/c1-8-15-26(35-23-32-5)28(31)29(34-21-25-18-13-10-14-19-25)27(22-36-37(6,7)30(2,3)4)33-20-24-16-11-9-12-17-24/h8-19,26-29,31H,20-23H2,1-7H3/b15-8+/t26-,27+,28-,29-/m1/s1. The molecule has 0 saturated heterocycles. The molecule has 0 unspecified atom stereocenters. The molecule has 0 aromatic heterocycles. The van der Waals surface area contributed by atoms with Crippen molar-refractivity contribution in [1.82, 2.24) is 0 Å². The second-order valence-electron chi connectivity index (χ2n) is 10.7. The summed E-state index contributed by atoms with van der Waals surface area (Å²) in [7, 11) is -0.532. The molecule has 0 spiro atoms. The first kappa shape index (κ1) is 31.4. The molecule has 2 aromatic carbocycles. The maximum Gasteiger partial charge on any atom is 0.192 e. The fourth-order valence-electron chi connectivity index (χ4n) is 3.51. The van der Waals surface area contributed by atoms with Crippen LogP contribution in [0, 0.1) is 0 Å². The first-order valence-corrected chi connectivity index (χ1v) is 15.9. The van der Waals surface area contributed by atoms with Crippen LogP contribution in [0.5, 0.6) is 0 Å². The summed E-state index contributed by atoms with van der Waals surface area (Å²) in [4.78, 5) is 0. The molecule has 0 fully saturated rings. The zero-order valence-corrected chi connectivity index (χ0v) is 24.6. The van der Waals surface area contributed by atoms with Gasteiger partial charge >= 0.3 is 0 Å². The van der Waals surface area contributed by atoms with Gasteiger partial charge in [0, 0.05) is 7.11 Å². The molecular weight excluding hydrogens is 484 g/mol. The van der Waals surface area contributed by atoms with Crippen molar-refractivity contribution in [1.29, 1.82) is 0 Å². The molecule has 7 heteroatoms. The third-order valence-corrected chi connectivity index (χ3v) is 11.3. The molecule has 6 nitrogen and oxygen atoms in total. The van der Waals surface area contributed by atoms with Gasteiger partial charge in [0.05, 0.1) is 19.8 Å². The fourth-order valence-corrected chi connectivity index (χ4v) is 4.52. The smallest absolute Gasteiger partial charge is 0.192 e. The fraction of sp³-hybridized carbons (Fsp3) is 0.533. The molecule has 0 heterocycles. The van der Waals surface area contributed by atoms with Crippen LogP contribution in [-0.4, -0.2) is 58.3 Å². The van der Waals surface area contributed by atoms with Gasteiger partial charge in [0.1, 0.15) is 31.2 Å². The Balaban J connectivity index is 2.36. The lowest BCUT2D eigenvalue weighted by Crippen LogP contribution is -2.51. The largest absolute Gasteiger partial charge is 0.414 e. The number of benzene rings is 2. The summed E-state index contributed by atoms with van der Waals surface area (Å²) in [5.74, 6) is 0. The van der Waals surface area contributed by atoms with Crippen molar-refractivity contribution in [2.75, 3.05) is 20.5 Å². The monoisotopic (exact) mass is 530 g/mol. The van der Waals surface area contributed by atoms with E-state index in [1.807, 2.05) is 79.7 Å². The van der Waals surface area contributed by atoms with Crippen molar-refractivity contribution >= 4 is 8.32 Å². The van der Waals surface area contributed by atoms with Gasteiger partial charge in [0.15, 0.2) is 8.32 Å². The average molecular weight is 531 g/mol. The average Bonchev–Trinajstić information content (AvgIpc) is 2.88. The second kappa shape index (κ2) is 15.5. The van der Waals surface area contributed by atoms with Gasteiger partial charge in [-0.2, -0.15) is 0 Å². The minimum Gasteiger partial charge on any atom is -0.414 e. The molecule has 206 valence electrons. The van der Waals surface area contributed by atoms with E-state index in [1.165, 1.54) is 0 Å². The molecule has 4 atom stereocenters. The highest BCUT2D eigenvalue weighted by molar-refractivity contribution is 6.74. The Morgan fingerprint density at radius 3 is 1.89 bits per heavy atom. The molecule has 0 saturated carbocycles. The van der Waals surface area contributed by atoms with Crippen molar-refractivity contribution in [2.45, 2.75) is 83.5 Å². The first-order chi connectivity index (χ1) is 17.6. The highest BCUT2D eigenvalue weighted by atomic mass is 28.4. The first-order valence-electron chi connectivity index (χ1n) is 13.0. The lowest BCUT2D eigenvalue weighted by Gasteiger charge is -2.39. The van der Waals surface area contributed by atoms with E-state index < -0.39 is 32.7 Å². The van der Waals surface area contributed by atoms with Crippen LogP contribution in [0.25, 0.3) is 0 Å². The van der Waals surface area contributed by atoms with E-state index >= 15 is 0 Å². The van der Waals surface area contributed by atoms with E-state index in [2.05, 4.69) is 33.9 Å². The number of hydrogen-bond acceptors (Lipinski definition) is 6. The number of aliphatic hydroxyl groups is 1. The Kier molecular flexibility index (Phi) is 13.2. The lowest BCUT2D eigenvalue weighted by molar-refractivity contribution is -0.178. The topological polar surface area (TPSA) is 66.4 Å². The molecule has 0 bridgehead atoms.